The molecule has 0 aromatic heterocycles. The van der Waals surface area contributed by atoms with Gasteiger partial charge in [0.2, 0.25) is 47.3 Å². The largest absolute Gasteiger partial charge is 0.481 e. The number of hydrogen-bond donors (Lipinski definition) is 14. The van der Waals surface area contributed by atoms with Gasteiger partial charge in [0, 0.05) is 31.5 Å². The Bertz CT molecular complexity index is 1500. The van der Waals surface area contributed by atoms with Gasteiger partial charge in [0.05, 0.1) is 26.1 Å². The highest BCUT2D eigenvalue weighted by Gasteiger charge is 2.39. The molecule has 0 bridgehead atoms. The first-order chi connectivity index (χ1) is 26.3. The van der Waals surface area contributed by atoms with Gasteiger partial charge >= 0.3 is 11.9 Å². The smallest absolute Gasteiger partial charge is 0.327 e. The minimum Gasteiger partial charge on any atom is -0.481 e. The normalized spacial score (nSPS) is 16.0. The lowest BCUT2D eigenvalue weighted by Gasteiger charge is -2.29. The summed E-state index contributed by atoms with van der Waals surface area (Å²) in [6, 6.07) is -8.39. The third kappa shape index (κ3) is 17.4. The van der Waals surface area contributed by atoms with Crippen molar-refractivity contribution in [2.24, 2.45) is 16.5 Å². The number of guanidine groups is 1. The van der Waals surface area contributed by atoms with Crippen molar-refractivity contribution in [2.45, 2.75) is 75.3 Å². The van der Waals surface area contributed by atoms with E-state index in [1.54, 1.807) is 0 Å². The number of nitrogens with one attached hydrogen (secondary N) is 7. The van der Waals surface area contributed by atoms with Crippen molar-refractivity contribution in [2.75, 3.05) is 44.3 Å². The zero-order chi connectivity index (χ0) is 42.5. The summed E-state index contributed by atoms with van der Waals surface area (Å²) in [6.07, 6.45) is -0.444. The van der Waals surface area contributed by atoms with Crippen molar-refractivity contribution in [3.05, 3.63) is 0 Å². The van der Waals surface area contributed by atoms with Crippen LogP contribution in [0.3, 0.4) is 0 Å². The lowest BCUT2D eigenvalue weighted by Crippen LogP contribution is -2.59. The maximum absolute atomic E-state index is 13.3. The van der Waals surface area contributed by atoms with Gasteiger partial charge in [-0.2, -0.15) is 25.3 Å². The quantitative estimate of drug-likeness (QED) is 0.0186. The molecule has 0 unspecified atom stereocenters. The first-order valence-electron chi connectivity index (χ1n) is 17.0. The Kier molecular flexibility index (Phi) is 21.6. The van der Waals surface area contributed by atoms with Crippen LogP contribution in [0.5, 0.6) is 0 Å². The monoisotopic (exact) mass is 835 g/mol. The van der Waals surface area contributed by atoms with Gasteiger partial charge in [-0.15, -0.1) is 0 Å². The number of nitrogens with zero attached hydrogens (tertiary/aromatic N) is 2. The van der Waals surface area contributed by atoms with Gasteiger partial charge in [-0.25, -0.2) is 4.79 Å². The number of aliphatic carboxylic acids is 2. The number of likely N-dealkylation sites (tertiary alicyclic amines) is 1. The SMILES string of the molecule is CC(=O)N[C@@H](CS)C(=O)NCC(=O)N[C@@H](CCCN=C(N)N)C(=O)NCC(=O)N[C@@H](CC(=O)O)C(=O)N[C@@H](CO)C(=O)N1CCC[C@H]1C(=O)N[C@@H](CS)C(=O)O. The van der Waals surface area contributed by atoms with Gasteiger partial charge in [-0.05, 0) is 25.7 Å². The van der Waals surface area contributed by atoms with Crippen molar-refractivity contribution in [3.63, 3.8) is 0 Å². The molecule has 0 radical (unpaired) electrons. The highest BCUT2D eigenvalue weighted by atomic mass is 32.1. The van der Waals surface area contributed by atoms with E-state index in [4.69, 9.17) is 11.5 Å². The number of aliphatic imine (C=N–C) groups is 1. The van der Waals surface area contributed by atoms with E-state index < -0.39 is 122 Å². The van der Waals surface area contributed by atoms with E-state index in [0.717, 1.165) is 4.90 Å². The second kappa shape index (κ2) is 24.9. The molecule has 24 nitrogen and oxygen atoms in total. The third-order valence-corrected chi connectivity index (χ3v) is 8.51. The van der Waals surface area contributed by atoms with Gasteiger partial charge < -0.3 is 68.9 Å². The Morgan fingerprint density at radius 2 is 1.34 bits per heavy atom. The topological polar surface area (TPSA) is 383 Å². The number of thiol groups is 2. The van der Waals surface area contributed by atoms with Crippen LogP contribution in [0.2, 0.25) is 0 Å². The molecule has 56 heavy (non-hydrogen) atoms. The first kappa shape index (κ1) is 48.6. The molecule has 314 valence electrons. The highest BCUT2D eigenvalue weighted by molar-refractivity contribution is 7.80. The summed E-state index contributed by atoms with van der Waals surface area (Å²) < 4.78 is 0. The molecule has 0 aromatic rings. The summed E-state index contributed by atoms with van der Waals surface area (Å²) in [7, 11) is 0. The van der Waals surface area contributed by atoms with Gasteiger partial charge in [-0.1, -0.05) is 0 Å². The fraction of sp³-hybridized carbons (Fsp3) is 0.633. The lowest BCUT2D eigenvalue weighted by atomic mass is 10.1. The molecule has 8 amide bonds. The second-order valence-corrected chi connectivity index (χ2v) is 12.9. The molecule has 1 aliphatic heterocycles. The van der Waals surface area contributed by atoms with Crippen LogP contribution in [-0.4, -0.2) is 166 Å². The zero-order valence-electron chi connectivity index (χ0n) is 30.3. The fourth-order valence-corrected chi connectivity index (χ4v) is 5.59. The van der Waals surface area contributed by atoms with Crippen LogP contribution in [0.25, 0.3) is 0 Å². The van der Waals surface area contributed by atoms with Gasteiger partial charge in [0.15, 0.2) is 5.96 Å². The average Bonchev–Trinajstić information content (AvgIpc) is 3.63. The molecule has 1 aliphatic rings. The van der Waals surface area contributed by atoms with E-state index in [0.29, 0.717) is 6.42 Å². The van der Waals surface area contributed by atoms with Crippen LogP contribution in [-0.2, 0) is 47.9 Å². The molecule has 1 fully saturated rings. The second-order valence-electron chi connectivity index (χ2n) is 12.2. The molecule has 0 spiro atoms. The number of carboxylic acids is 2. The maximum Gasteiger partial charge on any atom is 0.327 e. The standard InChI is InChI=1S/C30H49N11O13S2/c1-14(43)36-18(12-55)25(49)35-9-21(44)37-15(4-2-6-33-30(31)32)24(48)34-10-22(45)38-16(8-23(46)47)26(50)39-17(11-42)28(52)41-7-3-5-20(41)27(51)40-19(13-56)29(53)54/h15-20,42,55-56H,2-13H2,1H3,(H,34,48)(H,35,49)(H,36,43)(H,37,44)(H,38,45)(H,39,50)(H,40,51)(H,46,47)(H,53,54)(H4,31,32,33)/t15-,16-,17-,18-,19-,20-/m0/s1. The van der Waals surface area contributed by atoms with Crippen molar-refractivity contribution < 1.29 is 63.3 Å². The molecule has 14 N–H and O–H groups in total. The molecule has 0 aliphatic carbocycles. The van der Waals surface area contributed by atoms with Crippen LogP contribution >= 0.6 is 25.3 Å². The Hall–Kier alpha value is -5.37. The summed E-state index contributed by atoms with van der Waals surface area (Å²) >= 11 is 7.86. The van der Waals surface area contributed by atoms with Crippen LogP contribution in [0.1, 0.15) is 39.0 Å². The number of aliphatic hydroxyl groups is 1. The maximum atomic E-state index is 13.3. The van der Waals surface area contributed by atoms with E-state index in [1.165, 1.54) is 6.92 Å². The molecular formula is C30H49N11O13S2. The van der Waals surface area contributed by atoms with Crippen molar-refractivity contribution in [3.8, 4) is 0 Å². The molecule has 0 aromatic carbocycles. The number of nitrogens with two attached hydrogens (primary N) is 2. The molecule has 26 heteroatoms. The van der Waals surface area contributed by atoms with E-state index in [2.05, 4.69) is 67.5 Å². The number of rotatable bonds is 24. The summed E-state index contributed by atoms with van der Waals surface area (Å²) in [4.78, 5) is 129. The number of amides is 8. The molecule has 6 atom stereocenters. The molecule has 1 heterocycles. The van der Waals surface area contributed by atoms with Crippen molar-refractivity contribution in [1.29, 1.82) is 0 Å². The summed E-state index contributed by atoms with van der Waals surface area (Å²) in [5.41, 5.74) is 10.6. The van der Waals surface area contributed by atoms with Gasteiger partial charge in [0.1, 0.15) is 36.3 Å². The van der Waals surface area contributed by atoms with E-state index in [-0.39, 0.29) is 49.8 Å². The predicted octanol–water partition coefficient (Wildman–Crippen LogP) is -6.88. The zero-order valence-corrected chi connectivity index (χ0v) is 32.1. The highest BCUT2D eigenvalue weighted by Crippen LogP contribution is 2.19. The Labute approximate surface area is 331 Å². The summed E-state index contributed by atoms with van der Waals surface area (Å²) in [6.45, 7) is -1.21. The van der Waals surface area contributed by atoms with Crippen LogP contribution < -0.4 is 48.7 Å². The minimum atomic E-state index is -1.83. The number of aliphatic hydroxyl groups excluding tert-OH is 1. The number of hydrogen-bond acceptors (Lipinski definition) is 14. The Morgan fingerprint density at radius 3 is 1.84 bits per heavy atom. The number of carbonyl (C=O) groups is 10. The molecule has 0 saturated carbocycles. The van der Waals surface area contributed by atoms with E-state index in [1.807, 2.05) is 0 Å². The number of carbonyl (C=O) groups excluding carboxylic acids is 8. The van der Waals surface area contributed by atoms with Crippen molar-refractivity contribution in [1.82, 2.24) is 42.1 Å². The number of carboxylic acid groups (broad SMARTS) is 2. The summed E-state index contributed by atoms with van der Waals surface area (Å²) in [5.74, 6) is -10.5. The minimum absolute atomic E-state index is 0.0103. The molecule has 1 rings (SSSR count). The molecular weight excluding hydrogens is 787 g/mol. The van der Waals surface area contributed by atoms with Gasteiger partial charge in [-0.3, -0.25) is 48.1 Å². The molecule has 1 saturated heterocycles. The van der Waals surface area contributed by atoms with Crippen molar-refractivity contribution >= 4 is 90.4 Å². The first-order valence-corrected chi connectivity index (χ1v) is 18.3. The van der Waals surface area contributed by atoms with Crippen LogP contribution in [0.15, 0.2) is 4.99 Å². The lowest BCUT2D eigenvalue weighted by molar-refractivity contribution is -0.145. The van der Waals surface area contributed by atoms with Gasteiger partial charge in [0.25, 0.3) is 0 Å². The average molecular weight is 836 g/mol. The van der Waals surface area contributed by atoms with Crippen LogP contribution in [0.4, 0.5) is 0 Å². The fourth-order valence-electron chi connectivity index (χ4n) is 5.08. The Balaban J connectivity index is 2.96. The van der Waals surface area contributed by atoms with Crippen LogP contribution in [0, 0.1) is 0 Å². The van der Waals surface area contributed by atoms with E-state index >= 15 is 0 Å². The predicted molar refractivity (Wildman–Crippen MR) is 201 cm³/mol. The Morgan fingerprint density at radius 1 is 0.768 bits per heavy atom. The third-order valence-electron chi connectivity index (χ3n) is 7.78. The summed E-state index contributed by atoms with van der Waals surface area (Å²) in [5, 5.41) is 44.3. The van der Waals surface area contributed by atoms with E-state index in [9.17, 15) is 63.3 Å².